The van der Waals surface area contributed by atoms with Gasteiger partial charge in [0.15, 0.2) is 0 Å². The van der Waals surface area contributed by atoms with Crippen LogP contribution in [0.5, 0.6) is 0 Å². The molecule has 0 atom stereocenters. The molecule has 0 spiro atoms. The SMILES string of the molecule is CCN(CC)C1CCC(c2ccc(N)c(C3=CCC(C)(C)CC3)c2)CC1. The fourth-order valence-electron chi connectivity index (χ4n) is 4.94. The Balaban J connectivity index is 1.72. The third-order valence-electron chi connectivity index (χ3n) is 6.89. The maximum atomic E-state index is 6.37. The van der Waals surface area contributed by atoms with Gasteiger partial charge in [-0.15, -0.1) is 0 Å². The van der Waals surface area contributed by atoms with Gasteiger partial charge < -0.3 is 10.6 Å². The maximum Gasteiger partial charge on any atom is 0.0390 e. The Bertz CT molecular complexity index is 632. The van der Waals surface area contributed by atoms with Crippen molar-refractivity contribution < 1.29 is 0 Å². The Kier molecular flexibility index (Phi) is 6.12. The van der Waals surface area contributed by atoms with E-state index >= 15 is 0 Å². The molecule has 2 aliphatic rings. The molecule has 0 aliphatic heterocycles. The topological polar surface area (TPSA) is 29.3 Å². The molecule has 0 amide bonds. The van der Waals surface area contributed by atoms with E-state index in [4.69, 9.17) is 5.73 Å². The number of nitrogens with two attached hydrogens (primary N) is 1. The highest BCUT2D eigenvalue weighted by Gasteiger charge is 2.27. The van der Waals surface area contributed by atoms with Crippen molar-refractivity contribution in [2.24, 2.45) is 5.41 Å². The molecule has 0 radical (unpaired) electrons. The monoisotopic (exact) mass is 354 g/mol. The van der Waals surface area contributed by atoms with Crippen LogP contribution in [0.4, 0.5) is 5.69 Å². The van der Waals surface area contributed by atoms with Crippen LogP contribution in [-0.2, 0) is 0 Å². The highest BCUT2D eigenvalue weighted by molar-refractivity contribution is 5.76. The van der Waals surface area contributed by atoms with Gasteiger partial charge in [-0.3, -0.25) is 0 Å². The molecule has 0 saturated heterocycles. The van der Waals surface area contributed by atoms with Crippen molar-refractivity contribution >= 4 is 11.3 Å². The van der Waals surface area contributed by atoms with Gasteiger partial charge in [0.25, 0.3) is 0 Å². The van der Waals surface area contributed by atoms with E-state index in [-0.39, 0.29) is 0 Å². The molecule has 2 aliphatic carbocycles. The van der Waals surface area contributed by atoms with Gasteiger partial charge >= 0.3 is 0 Å². The van der Waals surface area contributed by atoms with Gasteiger partial charge in [-0.1, -0.05) is 39.8 Å². The fraction of sp³-hybridized carbons (Fsp3) is 0.667. The van der Waals surface area contributed by atoms with Gasteiger partial charge in [-0.2, -0.15) is 0 Å². The highest BCUT2D eigenvalue weighted by atomic mass is 15.1. The number of anilines is 1. The van der Waals surface area contributed by atoms with E-state index < -0.39 is 0 Å². The molecular formula is C24H38N2. The van der Waals surface area contributed by atoms with Gasteiger partial charge in [-0.25, -0.2) is 0 Å². The van der Waals surface area contributed by atoms with Crippen LogP contribution >= 0.6 is 0 Å². The first-order valence-corrected chi connectivity index (χ1v) is 10.8. The second kappa shape index (κ2) is 8.17. The van der Waals surface area contributed by atoms with Crippen molar-refractivity contribution in [1.82, 2.24) is 4.90 Å². The molecule has 2 nitrogen and oxygen atoms in total. The number of hydrogen-bond acceptors (Lipinski definition) is 2. The minimum Gasteiger partial charge on any atom is -0.398 e. The lowest BCUT2D eigenvalue weighted by molar-refractivity contribution is 0.164. The molecular weight excluding hydrogens is 316 g/mol. The summed E-state index contributed by atoms with van der Waals surface area (Å²) in [7, 11) is 0. The first-order valence-electron chi connectivity index (χ1n) is 10.8. The maximum absolute atomic E-state index is 6.37. The average molecular weight is 355 g/mol. The summed E-state index contributed by atoms with van der Waals surface area (Å²) >= 11 is 0. The van der Waals surface area contributed by atoms with E-state index in [1.165, 1.54) is 68.3 Å². The number of allylic oxidation sites excluding steroid dienone is 2. The Morgan fingerprint density at radius 1 is 1.08 bits per heavy atom. The summed E-state index contributed by atoms with van der Waals surface area (Å²) in [5, 5.41) is 0. The molecule has 0 heterocycles. The van der Waals surface area contributed by atoms with Crippen molar-refractivity contribution in [3.05, 3.63) is 35.4 Å². The normalized spacial score (nSPS) is 26.0. The van der Waals surface area contributed by atoms with E-state index in [0.29, 0.717) is 11.3 Å². The smallest absolute Gasteiger partial charge is 0.0390 e. The number of nitrogens with zero attached hydrogens (tertiary/aromatic N) is 1. The molecule has 1 fully saturated rings. The Hall–Kier alpha value is -1.28. The van der Waals surface area contributed by atoms with E-state index in [2.05, 4.69) is 56.9 Å². The Morgan fingerprint density at radius 3 is 2.35 bits per heavy atom. The second-order valence-corrected chi connectivity index (χ2v) is 9.17. The molecule has 3 rings (SSSR count). The van der Waals surface area contributed by atoms with Crippen LogP contribution in [0.15, 0.2) is 24.3 Å². The van der Waals surface area contributed by atoms with Crippen molar-refractivity contribution in [3.63, 3.8) is 0 Å². The molecule has 0 bridgehead atoms. The van der Waals surface area contributed by atoms with Gasteiger partial charge in [0, 0.05) is 17.3 Å². The number of hydrogen-bond donors (Lipinski definition) is 1. The van der Waals surface area contributed by atoms with E-state index in [1.807, 2.05) is 0 Å². The summed E-state index contributed by atoms with van der Waals surface area (Å²) in [6.07, 6.45) is 11.3. The van der Waals surface area contributed by atoms with Crippen LogP contribution in [-0.4, -0.2) is 24.0 Å². The lowest BCUT2D eigenvalue weighted by Gasteiger charge is -2.36. The molecule has 1 aromatic carbocycles. The first-order chi connectivity index (χ1) is 12.4. The molecule has 2 heteroatoms. The Morgan fingerprint density at radius 2 is 1.77 bits per heavy atom. The Labute approximate surface area is 160 Å². The summed E-state index contributed by atoms with van der Waals surface area (Å²) in [6.45, 7) is 11.7. The molecule has 26 heavy (non-hydrogen) atoms. The zero-order valence-electron chi connectivity index (χ0n) is 17.4. The minimum absolute atomic E-state index is 0.443. The predicted molar refractivity (Wildman–Crippen MR) is 114 cm³/mol. The van der Waals surface area contributed by atoms with E-state index in [0.717, 1.165) is 18.2 Å². The first kappa shape index (κ1) is 19.5. The quantitative estimate of drug-likeness (QED) is 0.635. The summed E-state index contributed by atoms with van der Waals surface area (Å²) in [4.78, 5) is 2.64. The van der Waals surface area contributed by atoms with Crippen LogP contribution in [0.1, 0.15) is 89.7 Å². The summed E-state index contributed by atoms with van der Waals surface area (Å²) in [5.41, 5.74) is 12.1. The highest BCUT2D eigenvalue weighted by Crippen LogP contribution is 2.41. The zero-order chi connectivity index (χ0) is 18.7. The van der Waals surface area contributed by atoms with Crippen LogP contribution in [0.25, 0.3) is 5.57 Å². The third kappa shape index (κ3) is 4.34. The molecule has 1 aromatic rings. The van der Waals surface area contributed by atoms with Gasteiger partial charge in [0.05, 0.1) is 0 Å². The summed E-state index contributed by atoms with van der Waals surface area (Å²) in [5.74, 6) is 0.710. The number of nitrogen functional groups attached to an aromatic ring is 1. The largest absolute Gasteiger partial charge is 0.398 e. The standard InChI is InChI=1S/C24H38N2/c1-5-26(6-2)21-10-7-18(8-11-21)20-9-12-23(25)22(17-20)19-13-15-24(3,4)16-14-19/h9,12-13,17-18,21H,5-8,10-11,14-16,25H2,1-4H3. The van der Waals surface area contributed by atoms with Crippen LogP contribution in [0.3, 0.4) is 0 Å². The average Bonchev–Trinajstić information content (AvgIpc) is 2.64. The van der Waals surface area contributed by atoms with Crippen LogP contribution in [0.2, 0.25) is 0 Å². The van der Waals surface area contributed by atoms with Crippen molar-refractivity contribution in [2.45, 2.75) is 84.6 Å². The van der Waals surface area contributed by atoms with Crippen LogP contribution < -0.4 is 5.73 Å². The number of benzene rings is 1. The predicted octanol–water partition coefficient (Wildman–Crippen LogP) is 6.23. The number of rotatable bonds is 5. The van der Waals surface area contributed by atoms with E-state index in [9.17, 15) is 0 Å². The van der Waals surface area contributed by atoms with Crippen molar-refractivity contribution in [2.75, 3.05) is 18.8 Å². The van der Waals surface area contributed by atoms with E-state index in [1.54, 1.807) is 0 Å². The van der Waals surface area contributed by atoms with Crippen LogP contribution in [0, 0.1) is 5.41 Å². The zero-order valence-corrected chi connectivity index (χ0v) is 17.4. The lowest BCUT2D eigenvalue weighted by atomic mass is 9.76. The fourth-order valence-corrected chi connectivity index (χ4v) is 4.94. The molecule has 2 N–H and O–H groups in total. The van der Waals surface area contributed by atoms with Gasteiger partial charge in [0.1, 0.15) is 0 Å². The minimum atomic E-state index is 0.443. The molecule has 0 aromatic heterocycles. The molecule has 0 unspecified atom stereocenters. The third-order valence-corrected chi connectivity index (χ3v) is 6.89. The van der Waals surface area contributed by atoms with Crippen molar-refractivity contribution in [3.8, 4) is 0 Å². The molecule has 1 saturated carbocycles. The van der Waals surface area contributed by atoms with Gasteiger partial charge in [0.2, 0.25) is 0 Å². The van der Waals surface area contributed by atoms with Crippen molar-refractivity contribution in [1.29, 1.82) is 0 Å². The molecule has 144 valence electrons. The lowest BCUT2D eigenvalue weighted by Crippen LogP contribution is -2.37. The van der Waals surface area contributed by atoms with Gasteiger partial charge in [-0.05, 0) is 92.6 Å². The summed E-state index contributed by atoms with van der Waals surface area (Å²) in [6, 6.07) is 7.65. The second-order valence-electron chi connectivity index (χ2n) is 9.17. The summed E-state index contributed by atoms with van der Waals surface area (Å²) < 4.78 is 0.